The molecule has 1 aromatic heterocycles. The van der Waals surface area contributed by atoms with E-state index in [1.54, 1.807) is 43.3 Å². The second-order valence-corrected chi connectivity index (χ2v) is 6.08. The average molecular weight is 370 g/mol. The van der Waals surface area contributed by atoms with Gasteiger partial charge in [0.1, 0.15) is 5.54 Å². The predicted molar refractivity (Wildman–Crippen MR) is 93.0 cm³/mol. The van der Waals surface area contributed by atoms with E-state index in [2.05, 4.69) is 16.1 Å². The van der Waals surface area contributed by atoms with Crippen molar-refractivity contribution in [3.05, 3.63) is 60.1 Å². The van der Waals surface area contributed by atoms with Gasteiger partial charge in [-0.25, -0.2) is 4.79 Å². The monoisotopic (exact) mass is 370 g/mol. The molecule has 1 saturated heterocycles. The van der Waals surface area contributed by atoms with Crippen LogP contribution in [0.15, 0.2) is 53.1 Å². The van der Waals surface area contributed by atoms with Gasteiger partial charge < -0.3 is 15.1 Å². The Labute approximate surface area is 154 Å². The van der Waals surface area contributed by atoms with Crippen LogP contribution in [0.3, 0.4) is 0 Å². The van der Waals surface area contributed by atoms with E-state index in [1.807, 2.05) is 0 Å². The SMILES string of the molecule is CC1(c2ccccc2)NC(=O)N(NC(=O)CCNC(=O)c2ccco2)C1=O. The van der Waals surface area contributed by atoms with E-state index in [1.165, 1.54) is 12.3 Å². The molecule has 1 aliphatic heterocycles. The van der Waals surface area contributed by atoms with E-state index in [-0.39, 0.29) is 18.7 Å². The highest BCUT2D eigenvalue weighted by molar-refractivity contribution is 6.08. The molecule has 1 fully saturated rings. The summed E-state index contributed by atoms with van der Waals surface area (Å²) in [5.74, 6) is -1.51. The summed E-state index contributed by atoms with van der Waals surface area (Å²) in [6.45, 7) is 1.59. The Kier molecular flexibility index (Phi) is 4.93. The number of hydrogen-bond donors (Lipinski definition) is 3. The molecule has 9 heteroatoms. The highest BCUT2D eigenvalue weighted by Gasteiger charge is 2.49. The standard InChI is InChI=1S/C18H18N4O5/c1-18(12-6-3-2-4-7-12)16(25)22(17(26)20-18)21-14(23)9-10-19-15(24)13-8-5-11-27-13/h2-8,11H,9-10H2,1H3,(H,19,24)(H,20,26)(H,21,23). The topological polar surface area (TPSA) is 121 Å². The lowest BCUT2D eigenvalue weighted by molar-refractivity contribution is -0.138. The Hall–Kier alpha value is -3.62. The maximum absolute atomic E-state index is 12.7. The summed E-state index contributed by atoms with van der Waals surface area (Å²) in [5, 5.41) is 5.75. The zero-order valence-corrected chi connectivity index (χ0v) is 14.5. The maximum atomic E-state index is 12.7. The number of carbonyl (C=O) groups is 4. The highest BCUT2D eigenvalue weighted by Crippen LogP contribution is 2.27. The van der Waals surface area contributed by atoms with Crippen LogP contribution in [0.5, 0.6) is 0 Å². The number of nitrogens with one attached hydrogen (secondary N) is 3. The van der Waals surface area contributed by atoms with Crippen molar-refractivity contribution in [2.75, 3.05) is 6.54 Å². The molecule has 5 amide bonds. The molecular weight excluding hydrogens is 352 g/mol. The second-order valence-electron chi connectivity index (χ2n) is 6.08. The second kappa shape index (κ2) is 7.32. The number of hydrogen-bond acceptors (Lipinski definition) is 5. The normalized spacial score (nSPS) is 18.9. The Morgan fingerprint density at radius 2 is 1.89 bits per heavy atom. The molecule has 9 nitrogen and oxygen atoms in total. The van der Waals surface area contributed by atoms with Crippen molar-refractivity contribution in [3.63, 3.8) is 0 Å². The first-order valence-electron chi connectivity index (χ1n) is 8.25. The molecular formula is C18H18N4O5. The summed E-state index contributed by atoms with van der Waals surface area (Å²) in [7, 11) is 0. The minimum atomic E-state index is -1.26. The van der Waals surface area contributed by atoms with Gasteiger partial charge in [0, 0.05) is 13.0 Å². The van der Waals surface area contributed by atoms with Crippen LogP contribution in [0.1, 0.15) is 29.5 Å². The number of imide groups is 1. The van der Waals surface area contributed by atoms with Crippen molar-refractivity contribution in [1.82, 2.24) is 21.1 Å². The molecule has 0 aliphatic carbocycles. The van der Waals surface area contributed by atoms with Crippen LogP contribution in [0.2, 0.25) is 0 Å². The van der Waals surface area contributed by atoms with E-state index in [0.29, 0.717) is 10.6 Å². The van der Waals surface area contributed by atoms with Crippen LogP contribution in [0.4, 0.5) is 4.79 Å². The number of urea groups is 1. The lowest BCUT2D eigenvalue weighted by atomic mass is 9.92. The van der Waals surface area contributed by atoms with Crippen LogP contribution in [-0.4, -0.2) is 35.3 Å². The molecule has 1 atom stereocenters. The van der Waals surface area contributed by atoms with Crippen molar-refractivity contribution >= 4 is 23.8 Å². The van der Waals surface area contributed by atoms with E-state index in [9.17, 15) is 19.2 Å². The van der Waals surface area contributed by atoms with Crippen LogP contribution < -0.4 is 16.1 Å². The molecule has 1 aromatic carbocycles. The first-order valence-corrected chi connectivity index (χ1v) is 8.25. The van der Waals surface area contributed by atoms with Gasteiger partial charge in [-0.05, 0) is 24.6 Å². The number of hydrazine groups is 1. The van der Waals surface area contributed by atoms with Gasteiger partial charge in [0.15, 0.2) is 5.76 Å². The Morgan fingerprint density at radius 3 is 2.56 bits per heavy atom. The van der Waals surface area contributed by atoms with Gasteiger partial charge in [-0.15, -0.1) is 0 Å². The molecule has 1 unspecified atom stereocenters. The first-order chi connectivity index (χ1) is 12.9. The molecule has 3 N–H and O–H groups in total. The smallest absolute Gasteiger partial charge is 0.344 e. The minimum Gasteiger partial charge on any atom is -0.459 e. The fourth-order valence-electron chi connectivity index (χ4n) is 2.67. The van der Waals surface area contributed by atoms with Crippen molar-refractivity contribution in [2.45, 2.75) is 18.9 Å². The highest BCUT2D eigenvalue weighted by atomic mass is 16.3. The van der Waals surface area contributed by atoms with Gasteiger partial charge in [-0.2, -0.15) is 5.01 Å². The Balaban J connectivity index is 1.55. The summed E-state index contributed by atoms with van der Waals surface area (Å²) >= 11 is 0. The van der Waals surface area contributed by atoms with Crippen molar-refractivity contribution in [3.8, 4) is 0 Å². The third-order valence-electron chi connectivity index (χ3n) is 4.16. The molecule has 3 rings (SSSR count). The third kappa shape index (κ3) is 3.66. The van der Waals surface area contributed by atoms with E-state index in [4.69, 9.17) is 4.42 Å². The first kappa shape index (κ1) is 18.2. The average Bonchev–Trinajstić information content (AvgIpc) is 3.27. The number of furan rings is 1. The van der Waals surface area contributed by atoms with Gasteiger partial charge in [0.25, 0.3) is 11.8 Å². The predicted octanol–water partition coefficient (Wildman–Crippen LogP) is 0.898. The molecule has 2 aromatic rings. The molecule has 2 heterocycles. The van der Waals surface area contributed by atoms with Gasteiger partial charge in [0.05, 0.1) is 6.26 Å². The fourth-order valence-corrected chi connectivity index (χ4v) is 2.67. The number of rotatable bonds is 6. The summed E-state index contributed by atoms with van der Waals surface area (Å²) in [6, 6.07) is 11.1. The van der Waals surface area contributed by atoms with Crippen LogP contribution in [-0.2, 0) is 15.1 Å². The van der Waals surface area contributed by atoms with Gasteiger partial charge in [0.2, 0.25) is 5.91 Å². The van der Waals surface area contributed by atoms with E-state index < -0.39 is 29.3 Å². The van der Waals surface area contributed by atoms with Crippen molar-refractivity contribution in [2.24, 2.45) is 0 Å². The molecule has 1 aliphatic rings. The Morgan fingerprint density at radius 1 is 1.15 bits per heavy atom. The number of carbonyl (C=O) groups excluding carboxylic acids is 4. The minimum absolute atomic E-state index is 0.0188. The van der Waals surface area contributed by atoms with Crippen LogP contribution in [0.25, 0.3) is 0 Å². The van der Waals surface area contributed by atoms with Gasteiger partial charge in [-0.3, -0.25) is 19.8 Å². The van der Waals surface area contributed by atoms with Crippen LogP contribution >= 0.6 is 0 Å². The molecule has 0 bridgehead atoms. The molecule has 0 saturated carbocycles. The summed E-state index contributed by atoms with van der Waals surface area (Å²) in [4.78, 5) is 48.6. The van der Waals surface area contributed by atoms with E-state index in [0.717, 1.165) is 0 Å². The fraction of sp³-hybridized carbons (Fsp3) is 0.222. The molecule has 140 valence electrons. The van der Waals surface area contributed by atoms with Crippen molar-refractivity contribution < 1.29 is 23.6 Å². The largest absolute Gasteiger partial charge is 0.459 e. The summed E-state index contributed by atoms with van der Waals surface area (Å²) in [5.41, 5.74) is 1.61. The van der Waals surface area contributed by atoms with E-state index >= 15 is 0 Å². The summed E-state index contributed by atoms with van der Waals surface area (Å²) < 4.78 is 4.94. The number of amides is 5. The van der Waals surface area contributed by atoms with Crippen molar-refractivity contribution in [1.29, 1.82) is 0 Å². The quantitative estimate of drug-likeness (QED) is 0.653. The number of nitrogens with zero attached hydrogens (tertiary/aromatic N) is 1. The third-order valence-corrected chi connectivity index (χ3v) is 4.16. The summed E-state index contributed by atoms with van der Waals surface area (Å²) in [6.07, 6.45) is 1.24. The lowest BCUT2D eigenvalue weighted by Gasteiger charge is -2.22. The maximum Gasteiger partial charge on any atom is 0.344 e. The number of benzene rings is 1. The Bertz CT molecular complexity index is 865. The molecule has 0 radical (unpaired) electrons. The van der Waals surface area contributed by atoms with Gasteiger partial charge >= 0.3 is 6.03 Å². The lowest BCUT2D eigenvalue weighted by Crippen LogP contribution is -2.48. The molecule has 0 spiro atoms. The molecule has 27 heavy (non-hydrogen) atoms. The zero-order chi connectivity index (χ0) is 19.4. The zero-order valence-electron chi connectivity index (χ0n) is 14.5. The van der Waals surface area contributed by atoms with Gasteiger partial charge in [-0.1, -0.05) is 30.3 Å². The van der Waals surface area contributed by atoms with Crippen LogP contribution in [0, 0.1) is 0 Å².